The second-order valence-electron chi connectivity index (χ2n) is 4.21. The predicted molar refractivity (Wildman–Crippen MR) is 71.3 cm³/mol. The van der Waals surface area contributed by atoms with Crippen LogP contribution in [0.15, 0.2) is 12.3 Å². The fourth-order valence-electron chi connectivity index (χ4n) is 1.51. The molecule has 0 aromatic carbocycles. The molecule has 0 aliphatic rings. The van der Waals surface area contributed by atoms with Crippen LogP contribution in [-0.2, 0) is 0 Å². The molecule has 0 saturated heterocycles. The summed E-state index contributed by atoms with van der Waals surface area (Å²) in [4.78, 5) is 14.6. The molecule has 16 heavy (non-hydrogen) atoms. The van der Waals surface area contributed by atoms with Crippen LogP contribution in [0.2, 0.25) is 0 Å². The van der Waals surface area contributed by atoms with Crippen molar-refractivity contribution in [2.45, 2.75) is 26.3 Å². The molecule has 0 bridgehead atoms. The topological polar surface area (TPSA) is 65.1 Å². The number of hydrogen-bond acceptors (Lipinski definition) is 2. The van der Waals surface area contributed by atoms with E-state index in [1.54, 1.807) is 12.3 Å². The van der Waals surface area contributed by atoms with Crippen LogP contribution < -0.4 is 5.32 Å². The number of aromatic nitrogens is 1. The van der Waals surface area contributed by atoms with Crippen LogP contribution >= 0.6 is 22.6 Å². The van der Waals surface area contributed by atoms with E-state index in [2.05, 4.69) is 46.7 Å². The molecular formula is C11H17IN2O2. The van der Waals surface area contributed by atoms with Crippen molar-refractivity contribution in [1.82, 2.24) is 10.3 Å². The van der Waals surface area contributed by atoms with Crippen molar-refractivity contribution in [3.63, 3.8) is 0 Å². The molecule has 0 aliphatic heterocycles. The van der Waals surface area contributed by atoms with E-state index in [9.17, 15) is 4.79 Å². The van der Waals surface area contributed by atoms with Gasteiger partial charge in [0.2, 0.25) is 0 Å². The number of nitrogens with one attached hydrogen (secondary N) is 2. The average molecular weight is 336 g/mol. The zero-order valence-electron chi connectivity index (χ0n) is 9.46. The molecule has 0 aliphatic carbocycles. The van der Waals surface area contributed by atoms with E-state index in [1.165, 1.54) is 0 Å². The molecule has 1 heterocycles. The van der Waals surface area contributed by atoms with Crippen molar-refractivity contribution in [3.8, 4) is 0 Å². The number of rotatable bonds is 5. The van der Waals surface area contributed by atoms with Gasteiger partial charge in [0.05, 0.1) is 12.6 Å². The van der Waals surface area contributed by atoms with Gasteiger partial charge in [-0.1, -0.05) is 13.8 Å². The van der Waals surface area contributed by atoms with E-state index in [0.29, 0.717) is 11.6 Å². The van der Waals surface area contributed by atoms with Gasteiger partial charge in [-0.25, -0.2) is 0 Å². The molecule has 3 N–H and O–H groups in total. The summed E-state index contributed by atoms with van der Waals surface area (Å²) in [6, 6.07) is 1.60. The first kappa shape index (κ1) is 13.5. The lowest BCUT2D eigenvalue weighted by Gasteiger charge is -2.17. The third-order valence-corrected chi connectivity index (χ3v) is 2.83. The Bertz CT molecular complexity index is 350. The maximum absolute atomic E-state index is 11.8. The highest BCUT2D eigenvalue weighted by molar-refractivity contribution is 14.1. The molecule has 1 unspecified atom stereocenters. The third kappa shape index (κ3) is 4.13. The number of amides is 1. The highest BCUT2D eigenvalue weighted by Gasteiger charge is 2.15. The summed E-state index contributed by atoms with van der Waals surface area (Å²) in [6.07, 6.45) is 2.55. The van der Waals surface area contributed by atoms with Gasteiger partial charge >= 0.3 is 0 Å². The Morgan fingerprint density at radius 1 is 1.62 bits per heavy atom. The van der Waals surface area contributed by atoms with Crippen molar-refractivity contribution in [1.29, 1.82) is 0 Å². The van der Waals surface area contributed by atoms with Crippen LogP contribution in [0.1, 0.15) is 30.8 Å². The first-order chi connectivity index (χ1) is 7.52. The Kier molecular flexibility index (Phi) is 5.27. The Morgan fingerprint density at radius 3 is 2.75 bits per heavy atom. The molecule has 0 spiro atoms. The van der Waals surface area contributed by atoms with E-state index >= 15 is 0 Å². The zero-order chi connectivity index (χ0) is 12.1. The second-order valence-corrected chi connectivity index (χ2v) is 5.46. The number of carbonyl (C=O) groups is 1. The van der Waals surface area contributed by atoms with Gasteiger partial charge in [-0.3, -0.25) is 4.79 Å². The standard InChI is InChI=1S/C11H17IN2O2/c1-7(2)3-9(6-15)14-11(16)10-4-8(12)5-13-10/h4-5,7,9,13,15H,3,6H2,1-2H3,(H,14,16). The number of aliphatic hydroxyl groups is 1. The molecule has 5 heteroatoms. The number of aromatic amines is 1. The number of aliphatic hydroxyl groups excluding tert-OH is 1. The highest BCUT2D eigenvalue weighted by atomic mass is 127. The number of hydrogen-bond donors (Lipinski definition) is 3. The molecule has 1 aromatic rings. The van der Waals surface area contributed by atoms with Gasteiger partial charge in [-0.05, 0) is 41.0 Å². The Balaban J connectivity index is 2.55. The van der Waals surface area contributed by atoms with Crippen LogP contribution in [0.5, 0.6) is 0 Å². The third-order valence-electron chi connectivity index (χ3n) is 2.20. The van der Waals surface area contributed by atoms with Gasteiger partial charge in [0.25, 0.3) is 5.91 Å². The Morgan fingerprint density at radius 2 is 2.31 bits per heavy atom. The SMILES string of the molecule is CC(C)CC(CO)NC(=O)c1cc(I)c[nH]1. The summed E-state index contributed by atoms with van der Waals surface area (Å²) in [5.74, 6) is 0.281. The summed E-state index contributed by atoms with van der Waals surface area (Å²) < 4.78 is 0.993. The minimum Gasteiger partial charge on any atom is -0.394 e. The quantitative estimate of drug-likeness (QED) is 0.718. The van der Waals surface area contributed by atoms with Crippen molar-refractivity contribution in [2.24, 2.45) is 5.92 Å². The van der Waals surface area contributed by atoms with Gasteiger partial charge in [-0.2, -0.15) is 0 Å². The largest absolute Gasteiger partial charge is 0.394 e. The van der Waals surface area contributed by atoms with E-state index in [0.717, 1.165) is 9.99 Å². The van der Waals surface area contributed by atoms with E-state index in [1.807, 2.05) is 0 Å². The fraction of sp³-hybridized carbons (Fsp3) is 0.545. The normalized spacial score (nSPS) is 12.8. The summed E-state index contributed by atoms with van der Waals surface area (Å²) >= 11 is 2.14. The number of halogens is 1. The van der Waals surface area contributed by atoms with Crippen molar-refractivity contribution >= 4 is 28.5 Å². The molecule has 4 nitrogen and oxygen atoms in total. The fourth-order valence-corrected chi connectivity index (χ4v) is 1.98. The van der Waals surface area contributed by atoms with Gasteiger partial charge in [0.1, 0.15) is 5.69 Å². The highest BCUT2D eigenvalue weighted by Crippen LogP contribution is 2.08. The van der Waals surface area contributed by atoms with E-state index in [-0.39, 0.29) is 18.6 Å². The Labute approximate surface area is 109 Å². The Hall–Kier alpha value is -0.560. The summed E-state index contributed by atoms with van der Waals surface area (Å²) in [5, 5.41) is 12.0. The molecular weight excluding hydrogens is 319 g/mol. The van der Waals surface area contributed by atoms with Crippen LogP contribution in [0, 0.1) is 9.49 Å². The molecule has 0 saturated carbocycles. The van der Waals surface area contributed by atoms with Crippen LogP contribution in [0.3, 0.4) is 0 Å². The van der Waals surface area contributed by atoms with Crippen molar-refractivity contribution < 1.29 is 9.90 Å². The van der Waals surface area contributed by atoms with Crippen molar-refractivity contribution in [2.75, 3.05) is 6.61 Å². The van der Waals surface area contributed by atoms with Crippen LogP contribution in [0.4, 0.5) is 0 Å². The molecule has 0 radical (unpaired) electrons. The number of carbonyl (C=O) groups excluding carboxylic acids is 1. The van der Waals surface area contributed by atoms with Gasteiger partial charge in [0.15, 0.2) is 0 Å². The lowest BCUT2D eigenvalue weighted by molar-refractivity contribution is 0.0904. The smallest absolute Gasteiger partial charge is 0.268 e. The lowest BCUT2D eigenvalue weighted by Crippen LogP contribution is -2.38. The lowest BCUT2D eigenvalue weighted by atomic mass is 10.0. The van der Waals surface area contributed by atoms with Gasteiger partial charge < -0.3 is 15.4 Å². The molecule has 1 aromatic heterocycles. The maximum atomic E-state index is 11.8. The van der Waals surface area contributed by atoms with E-state index < -0.39 is 0 Å². The van der Waals surface area contributed by atoms with Crippen LogP contribution in [0.25, 0.3) is 0 Å². The molecule has 1 atom stereocenters. The second kappa shape index (κ2) is 6.24. The number of H-pyrrole nitrogens is 1. The van der Waals surface area contributed by atoms with Crippen molar-refractivity contribution in [3.05, 3.63) is 21.5 Å². The van der Waals surface area contributed by atoms with Gasteiger partial charge in [-0.15, -0.1) is 0 Å². The predicted octanol–water partition coefficient (Wildman–Crippen LogP) is 1.76. The maximum Gasteiger partial charge on any atom is 0.268 e. The average Bonchev–Trinajstić information content (AvgIpc) is 2.63. The minimum absolute atomic E-state index is 0.0261. The summed E-state index contributed by atoms with van der Waals surface area (Å²) in [6.45, 7) is 4.10. The van der Waals surface area contributed by atoms with Gasteiger partial charge in [0, 0.05) is 9.77 Å². The van der Waals surface area contributed by atoms with Crippen LogP contribution in [-0.4, -0.2) is 28.6 Å². The van der Waals surface area contributed by atoms with E-state index in [4.69, 9.17) is 5.11 Å². The molecule has 0 fully saturated rings. The first-order valence-corrected chi connectivity index (χ1v) is 6.36. The monoisotopic (exact) mass is 336 g/mol. The molecule has 1 amide bonds. The first-order valence-electron chi connectivity index (χ1n) is 5.28. The summed E-state index contributed by atoms with van der Waals surface area (Å²) in [7, 11) is 0. The zero-order valence-corrected chi connectivity index (χ0v) is 11.6. The minimum atomic E-state index is -0.173. The summed E-state index contributed by atoms with van der Waals surface area (Å²) in [5.41, 5.74) is 0.534. The molecule has 90 valence electrons. The molecule has 1 rings (SSSR count).